The standard InChI is InChI=1S/C15H16ClF2N5O/c1-8-5-9(2)23(22-8)14-20-11(13(16)24)6-12(21-14)19-10-3-4-15(17,18)7-10/h5-6,10H,3-4,7H2,1-2H3,(H,19,20,21). The fourth-order valence-electron chi connectivity index (χ4n) is 2.82. The van der Waals surface area contributed by atoms with Gasteiger partial charge in [-0.3, -0.25) is 4.79 Å². The molecule has 1 saturated carbocycles. The lowest BCUT2D eigenvalue weighted by Gasteiger charge is -2.15. The summed E-state index contributed by atoms with van der Waals surface area (Å²) < 4.78 is 28.2. The van der Waals surface area contributed by atoms with Gasteiger partial charge in [-0.15, -0.1) is 0 Å². The van der Waals surface area contributed by atoms with Crippen LogP contribution in [0.4, 0.5) is 14.6 Å². The summed E-state index contributed by atoms with van der Waals surface area (Å²) in [6.45, 7) is 3.64. The molecule has 1 N–H and O–H groups in total. The summed E-state index contributed by atoms with van der Waals surface area (Å²) in [7, 11) is 0. The number of carbonyl (C=O) groups excluding carboxylic acids is 1. The molecule has 3 rings (SSSR count). The van der Waals surface area contributed by atoms with Gasteiger partial charge in [0.1, 0.15) is 11.5 Å². The van der Waals surface area contributed by atoms with Crippen LogP contribution in [-0.4, -0.2) is 37.0 Å². The molecule has 0 spiro atoms. The van der Waals surface area contributed by atoms with Crippen molar-refractivity contribution in [3.8, 4) is 5.95 Å². The molecule has 0 saturated heterocycles. The molecule has 1 aliphatic rings. The minimum atomic E-state index is -2.67. The van der Waals surface area contributed by atoms with Gasteiger partial charge in [0.2, 0.25) is 5.92 Å². The number of anilines is 1. The van der Waals surface area contributed by atoms with Gasteiger partial charge in [-0.05, 0) is 37.9 Å². The van der Waals surface area contributed by atoms with Gasteiger partial charge in [-0.1, -0.05) is 0 Å². The van der Waals surface area contributed by atoms with Crippen molar-refractivity contribution >= 4 is 22.7 Å². The van der Waals surface area contributed by atoms with Crippen molar-refractivity contribution in [1.82, 2.24) is 19.7 Å². The van der Waals surface area contributed by atoms with Crippen LogP contribution in [0.1, 0.15) is 41.1 Å². The van der Waals surface area contributed by atoms with Gasteiger partial charge in [0.15, 0.2) is 0 Å². The number of hydrogen-bond donors (Lipinski definition) is 1. The van der Waals surface area contributed by atoms with Crippen LogP contribution in [0.5, 0.6) is 0 Å². The van der Waals surface area contributed by atoms with Crippen molar-refractivity contribution in [1.29, 1.82) is 0 Å². The Balaban J connectivity index is 1.95. The first-order valence-electron chi connectivity index (χ1n) is 7.50. The van der Waals surface area contributed by atoms with E-state index in [1.807, 2.05) is 19.9 Å². The van der Waals surface area contributed by atoms with Crippen molar-refractivity contribution in [2.45, 2.75) is 45.1 Å². The first-order chi connectivity index (χ1) is 11.2. The lowest BCUT2D eigenvalue weighted by molar-refractivity contribution is 0.00851. The number of carbonyl (C=O) groups is 1. The molecule has 0 radical (unpaired) electrons. The minimum Gasteiger partial charge on any atom is -0.367 e. The Morgan fingerprint density at radius 3 is 2.67 bits per heavy atom. The van der Waals surface area contributed by atoms with E-state index in [-0.39, 0.29) is 30.3 Å². The molecule has 1 atom stereocenters. The van der Waals surface area contributed by atoms with E-state index in [2.05, 4.69) is 20.4 Å². The van der Waals surface area contributed by atoms with E-state index in [0.717, 1.165) is 11.4 Å². The van der Waals surface area contributed by atoms with Crippen LogP contribution in [-0.2, 0) is 0 Å². The van der Waals surface area contributed by atoms with E-state index in [1.165, 1.54) is 10.7 Å². The Kier molecular flexibility index (Phi) is 4.25. The molecule has 6 nitrogen and oxygen atoms in total. The molecule has 128 valence electrons. The maximum absolute atomic E-state index is 13.3. The lowest BCUT2D eigenvalue weighted by atomic mass is 10.2. The van der Waals surface area contributed by atoms with Crippen LogP contribution in [0.2, 0.25) is 0 Å². The highest BCUT2D eigenvalue weighted by Crippen LogP contribution is 2.36. The summed E-state index contributed by atoms with van der Waals surface area (Å²) >= 11 is 5.53. The Morgan fingerprint density at radius 1 is 1.38 bits per heavy atom. The third-order valence-corrected chi connectivity index (χ3v) is 4.06. The van der Waals surface area contributed by atoms with E-state index in [9.17, 15) is 13.6 Å². The van der Waals surface area contributed by atoms with Crippen molar-refractivity contribution in [3.63, 3.8) is 0 Å². The van der Waals surface area contributed by atoms with Gasteiger partial charge in [0, 0.05) is 30.6 Å². The zero-order valence-corrected chi connectivity index (χ0v) is 13.9. The Bertz CT molecular complexity index is 792. The summed E-state index contributed by atoms with van der Waals surface area (Å²) in [4.78, 5) is 19.9. The molecule has 2 aromatic rings. The van der Waals surface area contributed by atoms with Crippen LogP contribution in [0.15, 0.2) is 12.1 Å². The Hall–Kier alpha value is -2.09. The highest BCUT2D eigenvalue weighted by atomic mass is 35.5. The number of hydrogen-bond acceptors (Lipinski definition) is 5. The number of nitrogens with zero attached hydrogens (tertiary/aromatic N) is 4. The van der Waals surface area contributed by atoms with Crippen LogP contribution >= 0.6 is 11.6 Å². The van der Waals surface area contributed by atoms with Gasteiger partial charge in [-0.2, -0.15) is 10.1 Å². The van der Waals surface area contributed by atoms with Crippen molar-refractivity contribution in [2.75, 3.05) is 5.32 Å². The van der Waals surface area contributed by atoms with Crippen LogP contribution in [0, 0.1) is 13.8 Å². The molecular formula is C15H16ClF2N5O. The predicted molar refractivity (Wildman–Crippen MR) is 85.0 cm³/mol. The molecule has 9 heteroatoms. The highest BCUT2D eigenvalue weighted by Gasteiger charge is 2.39. The van der Waals surface area contributed by atoms with Crippen LogP contribution in [0.25, 0.3) is 5.95 Å². The molecule has 1 aliphatic carbocycles. The zero-order valence-electron chi connectivity index (χ0n) is 13.2. The summed E-state index contributed by atoms with van der Waals surface area (Å²) in [6.07, 6.45) is -0.103. The second kappa shape index (κ2) is 6.08. The second-order valence-electron chi connectivity index (χ2n) is 5.99. The summed E-state index contributed by atoms with van der Waals surface area (Å²) in [6, 6.07) is 2.78. The zero-order chi connectivity index (χ0) is 17.5. The average molecular weight is 356 g/mol. The SMILES string of the molecule is Cc1cc(C)n(-c2nc(NC3CCC(F)(F)C3)cc(C(=O)Cl)n2)n1. The maximum atomic E-state index is 13.3. The largest absolute Gasteiger partial charge is 0.367 e. The topological polar surface area (TPSA) is 72.7 Å². The molecule has 1 fully saturated rings. The summed E-state index contributed by atoms with van der Waals surface area (Å²) in [5, 5.41) is 6.46. The number of nitrogens with one attached hydrogen (secondary N) is 1. The third-order valence-electron chi connectivity index (χ3n) is 3.87. The monoisotopic (exact) mass is 355 g/mol. The molecule has 0 bridgehead atoms. The predicted octanol–water partition coefficient (Wildman–Crippen LogP) is 3.26. The average Bonchev–Trinajstić information content (AvgIpc) is 3.00. The molecule has 0 amide bonds. The van der Waals surface area contributed by atoms with Gasteiger partial charge < -0.3 is 5.32 Å². The fourth-order valence-corrected chi connectivity index (χ4v) is 2.91. The molecule has 24 heavy (non-hydrogen) atoms. The summed E-state index contributed by atoms with van der Waals surface area (Å²) in [5.41, 5.74) is 1.54. The molecular weight excluding hydrogens is 340 g/mol. The highest BCUT2D eigenvalue weighted by molar-refractivity contribution is 6.67. The van der Waals surface area contributed by atoms with E-state index in [4.69, 9.17) is 11.6 Å². The lowest BCUT2D eigenvalue weighted by Crippen LogP contribution is -2.21. The number of halogens is 3. The van der Waals surface area contributed by atoms with E-state index in [1.54, 1.807) is 0 Å². The number of rotatable bonds is 4. The van der Waals surface area contributed by atoms with Gasteiger partial charge in [0.05, 0.1) is 5.69 Å². The fraction of sp³-hybridized carbons (Fsp3) is 0.467. The quantitative estimate of drug-likeness (QED) is 0.852. The molecule has 2 heterocycles. The first kappa shape index (κ1) is 16.8. The molecule has 1 unspecified atom stereocenters. The maximum Gasteiger partial charge on any atom is 0.271 e. The van der Waals surface area contributed by atoms with Crippen molar-refractivity contribution < 1.29 is 13.6 Å². The Labute approximate surface area is 142 Å². The Morgan fingerprint density at radius 2 is 2.12 bits per heavy atom. The van der Waals surface area contributed by atoms with Crippen molar-refractivity contribution in [3.05, 3.63) is 29.2 Å². The molecule has 0 aromatic carbocycles. The molecule has 0 aliphatic heterocycles. The molecule has 2 aromatic heterocycles. The number of alkyl halides is 2. The number of aryl methyl sites for hydroxylation is 2. The first-order valence-corrected chi connectivity index (χ1v) is 7.88. The van der Waals surface area contributed by atoms with E-state index < -0.39 is 17.2 Å². The van der Waals surface area contributed by atoms with E-state index in [0.29, 0.717) is 6.42 Å². The van der Waals surface area contributed by atoms with Crippen molar-refractivity contribution in [2.24, 2.45) is 0 Å². The van der Waals surface area contributed by atoms with Gasteiger partial charge in [0.25, 0.3) is 11.2 Å². The second-order valence-corrected chi connectivity index (χ2v) is 6.33. The van der Waals surface area contributed by atoms with Gasteiger partial charge in [-0.25, -0.2) is 18.4 Å². The van der Waals surface area contributed by atoms with Gasteiger partial charge >= 0.3 is 0 Å². The normalized spacial score (nSPS) is 19.5. The van der Waals surface area contributed by atoms with Crippen LogP contribution in [0.3, 0.4) is 0 Å². The number of aromatic nitrogens is 4. The smallest absolute Gasteiger partial charge is 0.271 e. The third kappa shape index (κ3) is 3.53. The van der Waals surface area contributed by atoms with Crippen LogP contribution < -0.4 is 5.32 Å². The summed E-state index contributed by atoms with van der Waals surface area (Å²) in [5.74, 6) is -2.23. The van der Waals surface area contributed by atoms with E-state index >= 15 is 0 Å². The minimum absolute atomic E-state index is 0.0125.